The molecule has 1 aromatic heterocycles. The van der Waals surface area contributed by atoms with Gasteiger partial charge in [-0.2, -0.15) is 0 Å². The quantitative estimate of drug-likeness (QED) is 0.627. The Morgan fingerprint density at radius 2 is 1.95 bits per heavy atom. The number of unbranched alkanes of at least 4 members (excludes halogenated alkanes) is 1. The molecule has 0 aliphatic carbocycles. The fourth-order valence-corrected chi connectivity index (χ4v) is 2.53. The molecule has 0 saturated heterocycles. The molecule has 0 bridgehead atoms. The third-order valence-corrected chi connectivity index (χ3v) is 3.62. The number of anilines is 1. The van der Waals surface area contributed by atoms with E-state index in [1.165, 1.54) is 4.57 Å². The number of fused-ring (bicyclic) bond motifs is 1. The van der Waals surface area contributed by atoms with Crippen molar-refractivity contribution in [1.82, 2.24) is 4.57 Å². The highest BCUT2D eigenvalue weighted by Gasteiger charge is 2.25. The predicted molar refractivity (Wildman–Crippen MR) is 88.6 cm³/mol. The Morgan fingerprint density at radius 1 is 1.23 bits per heavy atom. The van der Waals surface area contributed by atoms with E-state index in [-0.39, 0.29) is 5.69 Å². The molecule has 0 amide bonds. The number of hydrogen-bond acceptors (Lipinski definition) is 4. The van der Waals surface area contributed by atoms with E-state index in [2.05, 4.69) is 5.32 Å². The highest BCUT2D eigenvalue weighted by atomic mass is 16.6. The van der Waals surface area contributed by atoms with E-state index < -0.39 is 10.5 Å². The molecule has 0 radical (unpaired) electrons. The molecule has 0 aliphatic heterocycles. The fraction of sp³-hybridized carbons (Fsp3) is 0.438. The van der Waals surface area contributed by atoms with Crippen LogP contribution in [0.15, 0.2) is 29.1 Å². The van der Waals surface area contributed by atoms with Crippen LogP contribution in [0, 0.1) is 10.1 Å². The number of rotatable bonds is 7. The Kier molecular flexibility index (Phi) is 5.14. The Labute approximate surface area is 128 Å². The standard InChI is InChI=1S/C16H21N3O3/c1-3-5-11-18-13-9-7-6-8-12(13)14(17-10-4-2)15(16(18)20)19(21)22/h6-9,17H,3-5,10-11H2,1-2H3. The van der Waals surface area contributed by atoms with Crippen LogP contribution in [0.25, 0.3) is 10.9 Å². The van der Waals surface area contributed by atoms with E-state index in [0.29, 0.717) is 18.8 Å². The van der Waals surface area contributed by atoms with Gasteiger partial charge in [0.15, 0.2) is 0 Å². The number of nitrogens with zero attached hydrogens (tertiary/aromatic N) is 2. The van der Waals surface area contributed by atoms with Gasteiger partial charge in [0.25, 0.3) is 0 Å². The zero-order chi connectivity index (χ0) is 16.1. The van der Waals surface area contributed by atoms with Crippen LogP contribution in [0.5, 0.6) is 0 Å². The van der Waals surface area contributed by atoms with Crippen molar-refractivity contribution in [3.63, 3.8) is 0 Å². The minimum atomic E-state index is -0.574. The van der Waals surface area contributed by atoms with Crippen molar-refractivity contribution in [2.24, 2.45) is 0 Å². The summed E-state index contributed by atoms with van der Waals surface area (Å²) in [6.45, 7) is 5.08. The Hall–Kier alpha value is -2.37. The van der Waals surface area contributed by atoms with Crippen molar-refractivity contribution < 1.29 is 4.92 Å². The summed E-state index contributed by atoms with van der Waals surface area (Å²) in [6.07, 6.45) is 2.55. The lowest BCUT2D eigenvalue weighted by atomic mass is 10.1. The second kappa shape index (κ2) is 7.06. The summed E-state index contributed by atoms with van der Waals surface area (Å²) in [7, 11) is 0. The predicted octanol–water partition coefficient (Wildman–Crippen LogP) is 3.53. The molecule has 1 N–H and O–H groups in total. The summed E-state index contributed by atoms with van der Waals surface area (Å²) in [5.41, 5.74) is 0.185. The smallest absolute Gasteiger partial charge is 0.357 e. The molecule has 0 atom stereocenters. The van der Waals surface area contributed by atoms with Gasteiger partial charge in [-0.05, 0) is 18.9 Å². The van der Waals surface area contributed by atoms with E-state index in [0.717, 1.165) is 30.2 Å². The number of nitrogens with one attached hydrogen (secondary N) is 1. The molecule has 0 fully saturated rings. The monoisotopic (exact) mass is 303 g/mol. The van der Waals surface area contributed by atoms with Gasteiger partial charge in [0.1, 0.15) is 5.69 Å². The average molecular weight is 303 g/mol. The van der Waals surface area contributed by atoms with E-state index in [4.69, 9.17) is 0 Å². The van der Waals surface area contributed by atoms with Crippen LogP contribution in [0.2, 0.25) is 0 Å². The third-order valence-electron chi connectivity index (χ3n) is 3.62. The topological polar surface area (TPSA) is 77.2 Å². The molecule has 0 unspecified atom stereocenters. The molecule has 6 heteroatoms. The number of aryl methyl sites for hydroxylation is 1. The molecule has 6 nitrogen and oxygen atoms in total. The van der Waals surface area contributed by atoms with Crippen molar-refractivity contribution in [2.45, 2.75) is 39.7 Å². The van der Waals surface area contributed by atoms with Gasteiger partial charge >= 0.3 is 11.2 Å². The first kappa shape index (κ1) is 16.0. The molecule has 2 rings (SSSR count). The minimum Gasteiger partial charge on any atom is -0.379 e. The molecule has 1 heterocycles. The third kappa shape index (κ3) is 2.95. The van der Waals surface area contributed by atoms with Crippen LogP contribution in [0.1, 0.15) is 33.1 Å². The molecule has 2 aromatic rings. The van der Waals surface area contributed by atoms with Gasteiger partial charge in [-0.1, -0.05) is 38.5 Å². The molecule has 1 aromatic carbocycles. The zero-order valence-electron chi connectivity index (χ0n) is 13.0. The van der Waals surface area contributed by atoms with Crippen molar-refractivity contribution in [2.75, 3.05) is 11.9 Å². The van der Waals surface area contributed by atoms with Gasteiger partial charge in [0, 0.05) is 18.5 Å². The number of para-hydroxylation sites is 1. The first-order valence-corrected chi connectivity index (χ1v) is 7.65. The maximum absolute atomic E-state index is 12.6. The van der Waals surface area contributed by atoms with E-state index in [1.54, 1.807) is 0 Å². The van der Waals surface area contributed by atoms with Gasteiger partial charge < -0.3 is 9.88 Å². The molecule has 0 aliphatic rings. The molecule has 22 heavy (non-hydrogen) atoms. The largest absolute Gasteiger partial charge is 0.379 e. The first-order valence-electron chi connectivity index (χ1n) is 7.65. The average Bonchev–Trinajstić information content (AvgIpc) is 2.51. The maximum atomic E-state index is 12.6. The zero-order valence-corrected chi connectivity index (χ0v) is 13.0. The summed E-state index contributed by atoms with van der Waals surface area (Å²) >= 11 is 0. The van der Waals surface area contributed by atoms with E-state index in [1.807, 2.05) is 38.1 Å². The lowest BCUT2D eigenvalue weighted by molar-refractivity contribution is -0.385. The van der Waals surface area contributed by atoms with Gasteiger partial charge in [0.2, 0.25) is 0 Å². The maximum Gasteiger partial charge on any atom is 0.357 e. The molecule has 0 spiro atoms. The van der Waals surface area contributed by atoms with E-state index in [9.17, 15) is 14.9 Å². The minimum absolute atomic E-state index is 0.334. The van der Waals surface area contributed by atoms with Crippen LogP contribution in [-0.2, 0) is 6.54 Å². The van der Waals surface area contributed by atoms with Crippen molar-refractivity contribution >= 4 is 22.3 Å². The second-order valence-corrected chi connectivity index (χ2v) is 5.23. The van der Waals surface area contributed by atoms with Crippen LogP contribution in [-0.4, -0.2) is 16.0 Å². The van der Waals surface area contributed by atoms with Gasteiger partial charge in [0.05, 0.1) is 10.4 Å². The normalized spacial score (nSPS) is 10.8. The highest BCUT2D eigenvalue weighted by Crippen LogP contribution is 2.30. The summed E-state index contributed by atoms with van der Waals surface area (Å²) < 4.78 is 1.52. The number of pyridine rings is 1. The molecule has 0 saturated carbocycles. The Bertz CT molecular complexity index is 737. The second-order valence-electron chi connectivity index (χ2n) is 5.23. The van der Waals surface area contributed by atoms with Gasteiger partial charge in [-0.25, -0.2) is 0 Å². The Morgan fingerprint density at radius 3 is 2.59 bits per heavy atom. The van der Waals surface area contributed by atoms with Crippen LogP contribution >= 0.6 is 0 Å². The van der Waals surface area contributed by atoms with Crippen LogP contribution < -0.4 is 10.9 Å². The number of hydrogen-bond donors (Lipinski definition) is 1. The van der Waals surface area contributed by atoms with Crippen LogP contribution in [0.3, 0.4) is 0 Å². The highest BCUT2D eigenvalue weighted by molar-refractivity contribution is 5.96. The van der Waals surface area contributed by atoms with Crippen LogP contribution in [0.4, 0.5) is 11.4 Å². The van der Waals surface area contributed by atoms with Crippen molar-refractivity contribution in [3.05, 3.63) is 44.7 Å². The lowest BCUT2D eigenvalue weighted by Gasteiger charge is -2.14. The summed E-state index contributed by atoms with van der Waals surface area (Å²) in [5, 5.41) is 15.2. The summed E-state index contributed by atoms with van der Waals surface area (Å²) in [4.78, 5) is 23.4. The molecular weight excluding hydrogens is 282 g/mol. The van der Waals surface area contributed by atoms with Gasteiger partial charge in [-0.3, -0.25) is 14.9 Å². The van der Waals surface area contributed by atoms with Gasteiger partial charge in [-0.15, -0.1) is 0 Å². The Balaban J connectivity index is 2.78. The SMILES string of the molecule is CCCCn1c(=O)c([N+](=O)[O-])c(NCCC)c2ccccc21. The first-order chi connectivity index (χ1) is 10.6. The molecular formula is C16H21N3O3. The van der Waals surface area contributed by atoms with Crippen molar-refractivity contribution in [1.29, 1.82) is 0 Å². The summed E-state index contributed by atoms with van der Waals surface area (Å²) in [5.74, 6) is 0. The summed E-state index contributed by atoms with van der Waals surface area (Å²) in [6, 6.07) is 7.34. The number of aromatic nitrogens is 1. The molecule has 118 valence electrons. The lowest BCUT2D eigenvalue weighted by Crippen LogP contribution is -2.25. The fourth-order valence-electron chi connectivity index (χ4n) is 2.53. The number of nitro groups is 1. The van der Waals surface area contributed by atoms with E-state index >= 15 is 0 Å². The number of benzene rings is 1. The van der Waals surface area contributed by atoms with Crippen molar-refractivity contribution in [3.8, 4) is 0 Å².